The van der Waals surface area contributed by atoms with Crippen LogP contribution in [0, 0.1) is 5.92 Å². The third-order valence-corrected chi connectivity index (χ3v) is 3.77. The van der Waals surface area contributed by atoms with E-state index < -0.39 is 0 Å². The third-order valence-electron chi connectivity index (χ3n) is 3.77. The van der Waals surface area contributed by atoms with Gasteiger partial charge in [0.1, 0.15) is 5.69 Å². The van der Waals surface area contributed by atoms with Crippen LogP contribution in [0.1, 0.15) is 13.8 Å². The Kier molecular flexibility index (Phi) is 3.22. The first-order valence-electron chi connectivity index (χ1n) is 7.64. The summed E-state index contributed by atoms with van der Waals surface area (Å²) in [6.07, 6.45) is 3.78. The summed E-state index contributed by atoms with van der Waals surface area (Å²) >= 11 is 0. The Labute approximate surface area is 133 Å². The van der Waals surface area contributed by atoms with Crippen LogP contribution in [0.4, 0.5) is 0 Å². The van der Waals surface area contributed by atoms with Gasteiger partial charge in [-0.05, 0) is 30.2 Å². The fourth-order valence-electron chi connectivity index (χ4n) is 2.79. The highest BCUT2D eigenvalue weighted by Gasteiger charge is 2.15. The molecule has 116 valence electrons. The summed E-state index contributed by atoms with van der Waals surface area (Å²) in [5.74, 6) is 1.61. The lowest BCUT2D eigenvalue weighted by molar-refractivity contribution is 0.432. The molecule has 3 heterocycles. The standard InChI is InChI=1S/C17H17N5O/c1-11(2)10-22-9-7-12-13(4-3-5-15(12)22)17-19-16(21-23-17)14-6-8-18-20-14/h3-9,11H,10H2,1-2H3,(H,18,20). The van der Waals surface area contributed by atoms with Crippen molar-refractivity contribution < 1.29 is 4.52 Å². The Morgan fingerprint density at radius 1 is 1.22 bits per heavy atom. The van der Waals surface area contributed by atoms with E-state index in [1.54, 1.807) is 6.20 Å². The molecule has 0 atom stereocenters. The number of aromatic nitrogens is 5. The predicted molar refractivity (Wildman–Crippen MR) is 87.6 cm³/mol. The predicted octanol–water partition coefficient (Wildman–Crippen LogP) is 3.74. The summed E-state index contributed by atoms with van der Waals surface area (Å²) < 4.78 is 7.71. The first-order chi connectivity index (χ1) is 11.2. The van der Waals surface area contributed by atoms with E-state index in [2.05, 4.69) is 57.1 Å². The van der Waals surface area contributed by atoms with Crippen LogP contribution < -0.4 is 0 Å². The molecule has 4 aromatic rings. The number of benzene rings is 1. The lowest BCUT2D eigenvalue weighted by atomic mass is 10.1. The number of hydrogen-bond donors (Lipinski definition) is 1. The summed E-state index contributed by atoms with van der Waals surface area (Å²) in [6.45, 7) is 5.41. The number of H-pyrrole nitrogens is 1. The minimum absolute atomic E-state index is 0.510. The maximum Gasteiger partial charge on any atom is 0.258 e. The van der Waals surface area contributed by atoms with Crippen molar-refractivity contribution in [3.63, 3.8) is 0 Å². The van der Waals surface area contributed by atoms with E-state index in [1.807, 2.05) is 18.2 Å². The molecule has 0 unspecified atom stereocenters. The SMILES string of the molecule is CC(C)Cn1ccc2c(-c3nc(-c4ccn[nH]4)no3)cccc21. The van der Waals surface area contributed by atoms with Crippen LogP contribution in [-0.2, 0) is 6.54 Å². The fraction of sp³-hybridized carbons (Fsp3) is 0.235. The minimum Gasteiger partial charge on any atom is -0.347 e. The second-order valence-corrected chi connectivity index (χ2v) is 5.99. The van der Waals surface area contributed by atoms with Crippen LogP contribution in [-0.4, -0.2) is 24.9 Å². The quantitative estimate of drug-likeness (QED) is 0.623. The van der Waals surface area contributed by atoms with Gasteiger partial charge in [-0.25, -0.2) is 0 Å². The largest absolute Gasteiger partial charge is 0.347 e. The number of hydrogen-bond acceptors (Lipinski definition) is 4. The van der Waals surface area contributed by atoms with Crippen LogP contribution >= 0.6 is 0 Å². The molecule has 0 saturated heterocycles. The summed E-state index contributed by atoms with van der Waals surface area (Å²) in [7, 11) is 0. The van der Waals surface area contributed by atoms with Gasteiger partial charge in [-0.2, -0.15) is 10.1 Å². The zero-order valence-electron chi connectivity index (χ0n) is 13.0. The van der Waals surface area contributed by atoms with E-state index in [-0.39, 0.29) is 0 Å². The van der Waals surface area contributed by atoms with Crippen LogP contribution in [0.15, 0.2) is 47.2 Å². The van der Waals surface area contributed by atoms with Crippen LogP contribution in [0.2, 0.25) is 0 Å². The lowest BCUT2D eigenvalue weighted by Crippen LogP contribution is -2.02. The Bertz CT molecular complexity index is 933. The van der Waals surface area contributed by atoms with Crippen molar-refractivity contribution >= 4 is 10.9 Å². The number of rotatable bonds is 4. The van der Waals surface area contributed by atoms with Crippen molar-refractivity contribution in [2.24, 2.45) is 5.92 Å². The molecule has 0 bridgehead atoms. The van der Waals surface area contributed by atoms with Crippen LogP contribution in [0.5, 0.6) is 0 Å². The Morgan fingerprint density at radius 2 is 2.13 bits per heavy atom. The van der Waals surface area contributed by atoms with Crippen molar-refractivity contribution in [1.29, 1.82) is 0 Å². The normalized spacial score (nSPS) is 11.6. The highest BCUT2D eigenvalue weighted by atomic mass is 16.5. The highest BCUT2D eigenvalue weighted by molar-refractivity contribution is 5.93. The highest BCUT2D eigenvalue weighted by Crippen LogP contribution is 2.29. The monoisotopic (exact) mass is 307 g/mol. The van der Waals surface area contributed by atoms with Gasteiger partial charge in [0.25, 0.3) is 5.89 Å². The average Bonchev–Trinajstić information content (AvgIpc) is 3.27. The van der Waals surface area contributed by atoms with Crippen LogP contribution in [0.25, 0.3) is 33.9 Å². The molecule has 0 saturated carbocycles. The molecule has 0 spiro atoms. The van der Waals surface area contributed by atoms with E-state index >= 15 is 0 Å². The summed E-state index contributed by atoms with van der Waals surface area (Å²) in [4.78, 5) is 4.49. The maximum absolute atomic E-state index is 5.45. The van der Waals surface area contributed by atoms with E-state index in [0.29, 0.717) is 17.6 Å². The molecule has 0 aliphatic rings. The number of fused-ring (bicyclic) bond motifs is 1. The van der Waals surface area contributed by atoms with E-state index in [9.17, 15) is 0 Å². The first kappa shape index (κ1) is 13.8. The molecule has 1 N–H and O–H groups in total. The molecular weight excluding hydrogens is 290 g/mol. The van der Waals surface area contributed by atoms with Crippen molar-refractivity contribution in [2.75, 3.05) is 0 Å². The molecule has 6 heteroatoms. The van der Waals surface area contributed by atoms with Gasteiger partial charge in [0.2, 0.25) is 5.82 Å². The second kappa shape index (κ2) is 5.39. The zero-order valence-corrected chi connectivity index (χ0v) is 13.0. The van der Waals surface area contributed by atoms with Gasteiger partial charge in [0, 0.05) is 35.4 Å². The molecule has 0 fully saturated rings. The van der Waals surface area contributed by atoms with Crippen molar-refractivity contribution in [1.82, 2.24) is 24.9 Å². The third kappa shape index (κ3) is 2.42. The topological polar surface area (TPSA) is 72.5 Å². The molecule has 0 aliphatic heterocycles. The van der Waals surface area contributed by atoms with Gasteiger partial charge in [0.15, 0.2) is 0 Å². The van der Waals surface area contributed by atoms with Crippen molar-refractivity contribution in [3.8, 4) is 23.0 Å². The zero-order chi connectivity index (χ0) is 15.8. The van der Waals surface area contributed by atoms with Gasteiger partial charge in [-0.1, -0.05) is 25.1 Å². The molecule has 0 amide bonds. The lowest BCUT2D eigenvalue weighted by Gasteiger charge is -2.08. The molecular formula is C17H17N5O. The molecule has 0 aliphatic carbocycles. The van der Waals surface area contributed by atoms with Gasteiger partial charge in [-0.3, -0.25) is 5.10 Å². The smallest absolute Gasteiger partial charge is 0.258 e. The van der Waals surface area contributed by atoms with Gasteiger partial charge in [0.05, 0.1) is 0 Å². The van der Waals surface area contributed by atoms with Crippen LogP contribution in [0.3, 0.4) is 0 Å². The summed E-state index contributed by atoms with van der Waals surface area (Å²) in [5, 5.41) is 11.9. The molecule has 4 rings (SSSR count). The Hall–Kier alpha value is -2.89. The second-order valence-electron chi connectivity index (χ2n) is 5.99. The fourth-order valence-corrected chi connectivity index (χ4v) is 2.79. The number of nitrogens with one attached hydrogen (secondary N) is 1. The minimum atomic E-state index is 0.510. The Balaban J connectivity index is 1.79. The summed E-state index contributed by atoms with van der Waals surface area (Å²) in [6, 6.07) is 10.1. The van der Waals surface area contributed by atoms with E-state index in [0.717, 1.165) is 23.2 Å². The maximum atomic E-state index is 5.45. The molecule has 3 aromatic heterocycles. The van der Waals surface area contributed by atoms with Crippen molar-refractivity contribution in [3.05, 3.63) is 42.7 Å². The van der Waals surface area contributed by atoms with Crippen molar-refractivity contribution in [2.45, 2.75) is 20.4 Å². The van der Waals surface area contributed by atoms with Gasteiger partial charge < -0.3 is 9.09 Å². The molecule has 6 nitrogen and oxygen atoms in total. The molecule has 23 heavy (non-hydrogen) atoms. The van der Waals surface area contributed by atoms with E-state index in [1.165, 1.54) is 5.52 Å². The van der Waals surface area contributed by atoms with E-state index in [4.69, 9.17) is 4.52 Å². The molecule has 1 aromatic carbocycles. The average molecular weight is 307 g/mol. The molecule has 0 radical (unpaired) electrons. The number of aromatic amines is 1. The first-order valence-corrected chi connectivity index (χ1v) is 7.64. The number of nitrogens with zero attached hydrogens (tertiary/aromatic N) is 4. The van der Waals surface area contributed by atoms with Gasteiger partial charge >= 0.3 is 0 Å². The van der Waals surface area contributed by atoms with Gasteiger partial charge in [-0.15, -0.1) is 0 Å². The summed E-state index contributed by atoms with van der Waals surface area (Å²) in [5.41, 5.74) is 2.87. The Morgan fingerprint density at radius 3 is 2.91 bits per heavy atom.